The predicted molar refractivity (Wildman–Crippen MR) is 103 cm³/mol. The van der Waals surface area contributed by atoms with Crippen LogP contribution in [0.3, 0.4) is 0 Å². The number of aromatic nitrogens is 3. The Morgan fingerprint density at radius 3 is 2.30 bits per heavy atom. The van der Waals surface area contributed by atoms with E-state index < -0.39 is 0 Å². The number of benzene rings is 2. The molecule has 0 fully saturated rings. The number of nitrogens with zero attached hydrogens (tertiary/aromatic N) is 4. The van der Waals surface area contributed by atoms with Gasteiger partial charge in [-0.05, 0) is 0 Å². The van der Waals surface area contributed by atoms with Crippen molar-refractivity contribution in [3.05, 3.63) is 54.2 Å². The van der Waals surface area contributed by atoms with Crippen LogP contribution in [0.5, 0.6) is 17.2 Å². The van der Waals surface area contributed by atoms with E-state index in [1.54, 1.807) is 45.9 Å². The molecule has 3 rings (SSSR count). The maximum Gasteiger partial charge on any atom is 0.263 e. The number of ether oxygens (including phenoxy) is 3. The van der Waals surface area contributed by atoms with Gasteiger partial charge in [0.1, 0.15) is 17.2 Å². The number of nitrogens with one attached hydrogen (secondary N) is 1. The Morgan fingerprint density at radius 1 is 0.963 bits per heavy atom. The summed E-state index contributed by atoms with van der Waals surface area (Å²) in [5, 5.41) is 12.1. The molecule has 0 amide bonds. The molecule has 0 aliphatic rings. The first-order valence-electron chi connectivity index (χ1n) is 8.09. The molecule has 0 saturated carbocycles. The Hall–Kier alpha value is -3.68. The normalized spacial score (nSPS) is 10.6. The first-order chi connectivity index (χ1) is 13.2. The Balaban J connectivity index is 1.82. The molecule has 3 aromatic rings. The van der Waals surface area contributed by atoms with Crippen molar-refractivity contribution < 1.29 is 14.2 Å². The molecule has 0 bridgehead atoms. The summed E-state index contributed by atoms with van der Waals surface area (Å²) in [5.41, 5.74) is 5.07. The molecule has 0 aliphatic heterocycles. The number of hydrogen-bond donors (Lipinski definition) is 1. The van der Waals surface area contributed by atoms with Gasteiger partial charge in [0.05, 0.1) is 45.0 Å². The molecule has 27 heavy (non-hydrogen) atoms. The SMILES string of the molecule is COc1cc(OC)c(/C=N\Nc2nncc(-c3ccccc3)n2)c(OC)c1. The van der Waals surface area contributed by atoms with Gasteiger partial charge in [-0.1, -0.05) is 30.3 Å². The minimum absolute atomic E-state index is 0.277. The van der Waals surface area contributed by atoms with Crippen LogP contribution < -0.4 is 19.6 Å². The minimum Gasteiger partial charge on any atom is -0.496 e. The van der Waals surface area contributed by atoms with Gasteiger partial charge in [-0.25, -0.2) is 10.4 Å². The maximum atomic E-state index is 5.39. The summed E-state index contributed by atoms with van der Waals surface area (Å²) in [5.74, 6) is 2.03. The van der Waals surface area contributed by atoms with E-state index in [1.165, 1.54) is 0 Å². The zero-order chi connectivity index (χ0) is 19.1. The van der Waals surface area contributed by atoms with Crippen molar-refractivity contribution in [1.29, 1.82) is 0 Å². The lowest BCUT2D eigenvalue weighted by molar-refractivity contribution is 0.374. The fourth-order valence-electron chi connectivity index (χ4n) is 2.41. The van der Waals surface area contributed by atoms with Crippen LogP contribution in [0.15, 0.2) is 53.8 Å². The van der Waals surface area contributed by atoms with Crippen molar-refractivity contribution in [3.8, 4) is 28.5 Å². The molecule has 0 spiro atoms. The molecular weight excluding hydrogens is 346 g/mol. The third-order valence-electron chi connectivity index (χ3n) is 3.74. The smallest absolute Gasteiger partial charge is 0.263 e. The lowest BCUT2D eigenvalue weighted by Crippen LogP contribution is -2.02. The third kappa shape index (κ3) is 4.30. The van der Waals surface area contributed by atoms with Crippen LogP contribution in [0.25, 0.3) is 11.3 Å². The van der Waals surface area contributed by atoms with Crippen molar-refractivity contribution in [2.24, 2.45) is 5.10 Å². The molecule has 138 valence electrons. The highest BCUT2D eigenvalue weighted by atomic mass is 16.5. The molecule has 2 aromatic carbocycles. The molecule has 0 saturated heterocycles. The largest absolute Gasteiger partial charge is 0.496 e. The van der Waals surface area contributed by atoms with Crippen LogP contribution in [0.2, 0.25) is 0 Å². The van der Waals surface area contributed by atoms with Crippen molar-refractivity contribution >= 4 is 12.2 Å². The number of hydrogen-bond acceptors (Lipinski definition) is 8. The van der Waals surface area contributed by atoms with Gasteiger partial charge in [0.15, 0.2) is 0 Å². The van der Waals surface area contributed by atoms with Gasteiger partial charge in [-0.3, -0.25) is 0 Å². The average molecular weight is 365 g/mol. The predicted octanol–water partition coefficient (Wildman–Crippen LogP) is 3.01. The van der Waals surface area contributed by atoms with Crippen LogP contribution in [0, 0.1) is 0 Å². The molecule has 0 unspecified atom stereocenters. The van der Waals surface area contributed by atoms with E-state index in [1.807, 2.05) is 30.3 Å². The molecule has 0 radical (unpaired) electrons. The zero-order valence-corrected chi connectivity index (χ0v) is 15.2. The molecule has 0 atom stereocenters. The zero-order valence-electron chi connectivity index (χ0n) is 15.2. The fourth-order valence-corrected chi connectivity index (χ4v) is 2.41. The monoisotopic (exact) mass is 365 g/mol. The summed E-state index contributed by atoms with van der Waals surface area (Å²) in [6.45, 7) is 0. The first kappa shape index (κ1) is 18.1. The van der Waals surface area contributed by atoms with E-state index >= 15 is 0 Å². The topological polar surface area (TPSA) is 90.8 Å². The summed E-state index contributed by atoms with van der Waals surface area (Å²) in [7, 11) is 4.71. The number of anilines is 1. The number of hydrazone groups is 1. The highest BCUT2D eigenvalue weighted by Crippen LogP contribution is 2.32. The summed E-state index contributed by atoms with van der Waals surface area (Å²) >= 11 is 0. The summed E-state index contributed by atoms with van der Waals surface area (Å²) in [6, 6.07) is 13.2. The second-order valence-corrected chi connectivity index (χ2v) is 5.35. The van der Waals surface area contributed by atoms with Gasteiger partial charge >= 0.3 is 0 Å². The molecule has 1 heterocycles. The average Bonchev–Trinajstić information content (AvgIpc) is 2.74. The van der Waals surface area contributed by atoms with Crippen molar-refractivity contribution in [1.82, 2.24) is 15.2 Å². The summed E-state index contributed by atoms with van der Waals surface area (Å²) in [4.78, 5) is 4.41. The molecule has 1 N–H and O–H groups in total. The van der Waals surface area contributed by atoms with Crippen molar-refractivity contribution in [2.45, 2.75) is 0 Å². The van der Waals surface area contributed by atoms with Crippen LogP contribution in [-0.2, 0) is 0 Å². The van der Waals surface area contributed by atoms with Crippen LogP contribution in [-0.4, -0.2) is 42.7 Å². The van der Waals surface area contributed by atoms with E-state index in [2.05, 4.69) is 25.7 Å². The Bertz CT molecular complexity index is 907. The maximum absolute atomic E-state index is 5.39. The third-order valence-corrected chi connectivity index (χ3v) is 3.74. The molecule has 8 heteroatoms. The molecule has 1 aromatic heterocycles. The van der Waals surface area contributed by atoms with E-state index in [9.17, 15) is 0 Å². The quantitative estimate of drug-likeness (QED) is 0.508. The Morgan fingerprint density at radius 2 is 1.67 bits per heavy atom. The Labute approximate surface area is 156 Å². The van der Waals surface area contributed by atoms with Gasteiger partial charge < -0.3 is 14.2 Å². The summed E-state index contributed by atoms with van der Waals surface area (Å²) < 4.78 is 16.0. The Kier molecular flexibility index (Phi) is 5.78. The van der Waals surface area contributed by atoms with E-state index in [0.29, 0.717) is 28.5 Å². The second-order valence-electron chi connectivity index (χ2n) is 5.35. The van der Waals surface area contributed by atoms with Gasteiger partial charge in [0.2, 0.25) is 0 Å². The molecular formula is C19H19N5O3. The second kappa shape index (κ2) is 8.61. The lowest BCUT2D eigenvalue weighted by atomic mass is 10.2. The van der Waals surface area contributed by atoms with Crippen LogP contribution in [0.1, 0.15) is 5.56 Å². The van der Waals surface area contributed by atoms with Gasteiger partial charge in [-0.15, -0.1) is 5.10 Å². The molecule has 8 nitrogen and oxygen atoms in total. The van der Waals surface area contributed by atoms with Crippen LogP contribution in [0.4, 0.5) is 5.95 Å². The number of rotatable bonds is 7. The first-order valence-corrected chi connectivity index (χ1v) is 8.09. The summed E-state index contributed by atoms with van der Waals surface area (Å²) in [6.07, 6.45) is 3.16. The lowest BCUT2D eigenvalue weighted by Gasteiger charge is -2.12. The highest BCUT2D eigenvalue weighted by molar-refractivity contribution is 5.88. The van der Waals surface area contributed by atoms with E-state index in [-0.39, 0.29) is 5.95 Å². The highest BCUT2D eigenvalue weighted by Gasteiger charge is 2.11. The van der Waals surface area contributed by atoms with E-state index in [0.717, 1.165) is 5.56 Å². The molecule has 0 aliphatic carbocycles. The minimum atomic E-state index is 0.277. The standard InChI is InChI=1S/C19H19N5O3/c1-25-14-9-17(26-2)15(18(10-14)27-3)11-20-23-19-22-16(12-21-24-19)13-7-5-4-6-8-13/h4-12H,1-3H3,(H,22,23,24)/b20-11-. The van der Waals surface area contributed by atoms with Crippen molar-refractivity contribution in [3.63, 3.8) is 0 Å². The van der Waals surface area contributed by atoms with Crippen molar-refractivity contribution in [2.75, 3.05) is 26.8 Å². The number of methoxy groups -OCH3 is 3. The van der Waals surface area contributed by atoms with E-state index in [4.69, 9.17) is 14.2 Å². The van der Waals surface area contributed by atoms with Gasteiger partial charge in [0.25, 0.3) is 5.95 Å². The van der Waals surface area contributed by atoms with Gasteiger partial charge in [0, 0.05) is 17.7 Å². The fraction of sp³-hybridized carbons (Fsp3) is 0.158. The van der Waals surface area contributed by atoms with Gasteiger partial charge in [-0.2, -0.15) is 10.2 Å². The van der Waals surface area contributed by atoms with Crippen LogP contribution >= 0.6 is 0 Å².